The molecule has 3 aliphatic heterocycles. The van der Waals surface area contributed by atoms with Crippen molar-refractivity contribution >= 4 is 117 Å². The number of benzene rings is 7. The van der Waals surface area contributed by atoms with Gasteiger partial charge in [0.2, 0.25) is 10.9 Å². The van der Waals surface area contributed by atoms with E-state index in [0.29, 0.717) is 88.4 Å². The van der Waals surface area contributed by atoms with Gasteiger partial charge in [-0.1, -0.05) is 82.7 Å². The van der Waals surface area contributed by atoms with Gasteiger partial charge in [0.25, 0.3) is 0 Å². The number of aliphatic hydroxyl groups is 1. The van der Waals surface area contributed by atoms with E-state index in [1.165, 1.54) is 68.1 Å². The molecule has 0 aliphatic carbocycles. The Morgan fingerprint density at radius 3 is 1.71 bits per heavy atom. The Balaban J connectivity index is 0.000000126. The zero-order valence-corrected chi connectivity index (χ0v) is 65.6. The van der Waals surface area contributed by atoms with E-state index in [1.54, 1.807) is 47.4 Å². The molecule has 2 atom stereocenters. The molecule has 14 aromatic rings. The van der Waals surface area contributed by atoms with Gasteiger partial charge in [0.05, 0.1) is 88.5 Å². The third kappa shape index (κ3) is 16.4. The van der Waals surface area contributed by atoms with Crippen molar-refractivity contribution in [2.45, 2.75) is 66.0 Å². The standard InChI is InChI=1S/C22H15FIN5O2.C18H20FN5O.C17H12F2O3.C17H19FN4O.C8H6BrNO/c1-11(29-22-17(20(24)28-29)21(25)26-10-27-22)19-15(12-6-3-2-4-7-12)18(30)16-13(23)8-5-9-14(16)31-19;1-23(2)18-16-14(21-11-22-18)10-20-17(16)12-3-4-15(13(19)9-12)24-5-7-25-8-6-24;1-9(20)17-14(10-5-2-3-6-11(10)18)16(21)15-12(19)7-4-8-13(15)22-17;1-10(2)23-14-6-5-11(7-12(14)18)16-15-13(8-19-16)20-9-21-17(15)22(3)4;1-5-10-7-3-2-6(9)4-8(7)11-5/h2-11H,1H3,(H2,25,26,27);3-4,9,11H,5-8,10H2,1-2H3;2-9,20H,1H3;5-7,9-10H,8H2,1-4H3;2-4H,1H3. The van der Waals surface area contributed by atoms with Crippen LogP contribution in [0.5, 0.6) is 5.75 Å². The summed E-state index contributed by atoms with van der Waals surface area (Å²) in [6.07, 6.45) is 3.23. The van der Waals surface area contributed by atoms with Crippen LogP contribution in [-0.4, -0.2) is 122 Å². The molecule has 7 aromatic heterocycles. The maximum atomic E-state index is 14.7. The average Bonchev–Trinajstić information content (AvgIpc) is 1.07. The van der Waals surface area contributed by atoms with Crippen LogP contribution in [0.25, 0.3) is 66.3 Å². The van der Waals surface area contributed by atoms with Gasteiger partial charge in [-0.15, -0.1) is 0 Å². The van der Waals surface area contributed by atoms with Crippen molar-refractivity contribution in [2.75, 3.05) is 74.9 Å². The number of oxazole rings is 1. The lowest BCUT2D eigenvalue weighted by atomic mass is 9.99. The highest BCUT2D eigenvalue weighted by molar-refractivity contribution is 14.1. The first-order valence-corrected chi connectivity index (χ1v) is 37.1. The molecule has 30 heteroatoms. The van der Waals surface area contributed by atoms with E-state index in [1.807, 2.05) is 125 Å². The summed E-state index contributed by atoms with van der Waals surface area (Å²) in [6.45, 7) is 12.5. The van der Waals surface area contributed by atoms with Crippen molar-refractivity contribution in [3.05, 3.63) is 273 Å². The number of rotatable bonds is 12. The molecule has 3 aliphatic rings. The number of hydrogen-bond acceptors (Lipinski definition) is 22. The van der Waals surface area contributed by atoms with E-state index in [2.05, 4.69) is 88.5 Å². The van der Waals surface area contributed by atoms with E-state index in [9.17, 15) is 36.6 Å². The van der Waals surface area contributed by atoms with Crippen molar-refractivity contribution in [2.24, 2.45) is 9.98 Å². The summed E-state index contributed by atoms with van der Waals surface area (Å²) < 4.78 is 103. The SMILES string of the molecule is CC(C)Oc1ccc(C2=NCc3ncnc(N(C)C)c32)cc1F.CC(O)c1oc2cccc(F)c2c(=O)c1-c1ccccc1F.CC(c1oc2cccc(F)c2c(=O)c1-c1ccccc1)n1nc(I)c2c(N)ncnc21.CN(C)c1ncnc2c1C(c1ccc(N3CCOCC3)c(F)c1)=NC2.Cc1nc2ccc(Br)cc2o1. The highest BCUT2D eigenvalue weighted by atomic mass is 127. The van der Waals surface area contributed by atoms with Crippen molar-refractivity contribution < 1.29 is 49.8 Å². The molecule has 7 aromatic carbocycles. The smallest absolute Gasteiger partial charge is 0.203 e. The minimum absolute atomic E-state index is 0.0148. The second kappa shape index (κ2) is 33.9. The van der Waals surface area contributed by atoms with Crippen LogP contribution >= 0.6 is 38.5 Å². The molecule has 10 heterocycles. The maximum absolute atomic E-state index is 14.7. The van der Waals surface area contributed by atoms with E-state index in [0.717, 1.165) is 72.8 Å². The van der Waals surface area contributed by atoms with E-state index < -0.39 is 46.3 Å². The van der Waals surface area contributed by atoms with Crippen LogP contribution in [0.1, 0.15) is 90.9 Å². The lowest BCUT2D eigenvalue weighted by Crippen LogP contribution is -2.36. The second-order valence-corrected chi connectivity index (χ2v) is 28.5. The number of anilines is 4. The van der Waals surface area contributed by atoms with Crippen LogP contribution in [-0.2, 0) is 17.8 Å². The number of nitrogens with zero attached hydrogens (tertiary/aromatic N) is 14. The summed E-state index contributed by atoms with van der Waals surface area (Å²) >= 11 is 5.42. The molecule has 2 unspecified atom stereocenters. The van der Waals surface area contributed by atoms with Crippen molar-refractivity contribution in [1.82, 2.24) is 44.7 Å². The number of nitrogen functional groups attached to an aromatic ring is 1. The second-order valence-electron chi connectivity index (χ2n) is 26.5. The quantitative estimate of drug-likeness (QED) is 0.0849. The molecule has 0 amide bonds. The van der Waals surface area contributed by atoms with Crippen LogP contribution in [0.15, 0.2) is 202 Å². The summed E-state index contributed by atoms with van der Waals surface area (Å²) in [4.78, 5) is 70.9. The van der Waals surface area contributed by atoms with Crippen LogP contribution in [0, 0.1) is 39.7 Å². The number of nitrogens with two attached hydrogens (primary N) is 1. The van der Waals surface area contributed by atoms with Gasteiger partial charge in [0.15, 0.2) is 28.7 Å². The van der Waals surface area contributed by atoms with Gasteiger partial charge < -0.3 is 48.3 Å². The highest BCUT2D eigenvalue weighted by Crippen LogP contribution is 2.38. The van der Waals surface area contributed by atoms with Crippen LogP contribution in [0.3, 0.4) is 0 Å². The van der Waals surface area contributed by atoms with Gasteiger partial charge in [-0.25, -0.2) is 61.5 Å². The molecular formula is C82H72BrF5IN15O8. The zero-order valence-electron chi connectivity index (χ0n) is 61.9. The van der Waals surface area contributed by atoms with Gasteiger partial charge in [-0.05, 0) is 135 Å². The molecule has 1 saturated heterocycles. The number of fused-ring (bicyclic) bond motifs is 6. The number of hydrogen-bond donors (Lipinski definition) is 2. The Labute approximate surface area is 659 Å². The molecule has 3 N–H and O–H groups in total. The number of aryl methyl sites for hydroxylation is 1. The average molecular weight is 1700 g/mol. The van der Waals surface area contributed by atoms with E-state index in [4.69, 9.17) is 28.5 Å². The predicted molar refractivity (Wildman–Crippen MR) is 432 cm³/mol. The first-order valence-electron chi connectivity index (χ1n) is 35.2. The molecule has 23 nitrogen and oxygen atoms in total. The molecule has 0 spiro atoms. The van der Waals surface area contributed by atoms with Crippen LogP contribution < -0.4 is 36.0 Å². The first kappa shape index (κ1) is 78.4. The fourth-order valence-corrected chi connectivity index (χ4v) is 14.1. The summed E-state index contributed by atoms with van der Waals surface area (Å²) in [5, 5.41) is 14.7. The number of aromatic nitrogens is 9. The Bertz CT molecular complexity index is 6070. The summed E-state index contributed by atoms with van der Waals surface area (Å²) in [5.74, 6) is 0.481. The maximum Gasteiger partial charge on any atom is 0.203 e. The zero-order chi connectivity index (χ0) is 79.3. The third-order valence-corrected chi connectivity index (χ3v) is 19.4. The minimum atomic E-state index is -1.14. The third-order valence-electron chi connectivity index (χ3n) is 18.1. The number of aliphatic hydroxyl groups excluding tert-OH is 1. The van der Waals surface area contributed by atoms with Crippen LogP contribution in [0.4, 0.5) is 45.1 Å². The van der Waals surface area contributed by atoms with Crippen LogP contribution in [0.2, 0.25) is 0 Å². The minimum Gasteiger partial charge on any atom is -0.488 e. The lowest BCUT2D eigenvalue weighted by Gasteiger charge is -2.29. The number of morpholine rings is 1. The topological polar surface area (TPSA) is 281 Å². The van der Waals surface area contributed by atoms with Gasteiger partial charge in [-0.3, -0.25) is 19.6 Å². The first-order chi connectivity index (χ1) is 53.8. The monoisotopic (exact) mass is 1700 g/mol. The molecule has 1 fully saturated rings. The predicted octanol–water partition coefficient (Wildman–Crippen LogP) is 15.9. The summed E-state index contributed by atoms with van der Waals surface area (Å²) in [5.41, 5.74) is 15.1. The molecule has 0 saturated carbocycles. The fourth-order valence-electron chi connectivity index (χ4n) is 13.0. The van der Waals surface area contributed by atoms with E-state index in [-0.39, 0.29) is 62.1 Å². The van der Waals surface area contributed by atoms with Gasteiger partial charge in [-0.2, -0.15) is 5.10 Å². The van der Waals surface area contributed by atoms with Gasteiger partial charge >= 0.3 is 0 Å². The van der Waals surface area contributed by atoms with Crippen molar-refractivity contribution in [3.63, 3.8) is 0 Å². The van der Waals surface area contributed by atoms with E-state index >= 15 is 0 Å². The molecule has 17 rings (SSSR count). The summed E-state index contributed by atoms with van der Waals surface area (Å²) in [6, 6.07) is 38.4. The number of ether oxygens (including phenoxy) is 2. The number of halogens is 7. The van der Waals surface area contributed by atoms with Gasteiger partial charge in [0, 0.05) is 69.4 Å². The van der Waals surface area contributed by atoms with Gasteiger partial charge in [0.1, 0.15) is 115 Å². The Hall–Kier alpha value is -11.7. The largest absolute Gasteiger partial charge is 0.488 e. The van der Waals surface area contributed by atoms with Crippen molar-refractivity contribution in [3.8, 4) is 28.0 Å². The Morgan fingerprint density at radius 1 is 0.571 bits per heavy atom. The molecular weight excluding hydrogens is 1620 g/mol. The number of aliphatic imine (C=N–C) groups is 2. The molecule has 572 valence electrons. The van der Waals surface area contributed by atoms with Crippen molar-refractivity contribution in [1.29, 1.82) is 0 Å². The molecule has 0 bridgehead atoms. The fraction of sp³-hybridized carbons (Fsp3) is 0.220. The molecule has 112 heavy (non-hydrogen) atoms. The Kier molecular flexibility index (Phi) is 23.7. The molecule has 0 radical (unpaired) electrons. The lowest BCUT2D eigenvalue weighted by molar-refractivity contribution is 0.122. The summed E-state index contributed by atoms with van der Waals surface area (Å²) in [7, 11) is 7.69. The normalized spacial score (nSPS) is 13.4. The Morgan fingerprint density at radius 2 is 1.13 bits per heavy atom. The highest BCUT2D eigenvalue weighted by Gasteiger charge is 2.31.